The number of anilines is 1. The number of carbonyl (C=O) groups excluding carboxylic acids is 1. The fourth-order valence-electron chi connectivity index (χ4n) is 2.02. The van der Waals surface area contributed by atoms with E-state index in [2.05, 4.69) is 6.07 Å². The largest absolute Gasteiger partial charge is 0.399 e. The van der Waals surface area contributed by atoms with E-state index in [9.17, 15) is 4.79 Å². The van der Waals surface area contributed by atoms with Crippen molar-refractivity contribution in [2.75, 3.05) is 32.5 Å². The minimum Gasteiger partial charge on any atom is -0.399 e. The molecule has 1 aromatic carbocycles. The van der Waals surface area contributed by atoms with Crippen LogP contribution in [0.2, 0.25) is 0 Å². The molecule has 0 radical (unpaired) electrons. The van der Waals surface area contributed by atoms with E-state index in [1.165, 1.54) is 11.3 Å². The van der Waals surface area contributed by atoms with Crippen molar-refractivity contribution in [3.05, 3.63) is 29.1 Å². The number of nitrogens with two attached hydrogens (primary N) is 1. The lowest BCUT2D eigenvalue weighted by Crippen LogP contribution is -2.34. The number of nitrogens with zero attached hydrogens (tertiary/aromatic N) is 2. The SMILES string of the molecule is COCCN(CCC#N)C(=O)c1cc2cc(N)ccc2s1. The first-order valence-electron chi connectivity index (χ1n) is 6.60. The number of methoxy groups -OCH3 is 1. The van der Waals surface area contributed by atoms with Gasteiger partial charge < -0.3 is 15.4 Å². The average Bonchev–Trinajstić information content (AvgIpc) is 2.89. The number of rotatable bonds is 6. The molecule has 0 fully saturated rings. The monoisotopic (exact) mass is 303 g/mol. The van der Waals surface area contributed by atoms with Gasteiger partial charge in [-0.2, -0.15) is 5.26 Å². The third kappa shape index (κ3) is 3.72. The summed E-state index contributed by atoms with van der Waals surface area (Å²) >= 11 is 1.44. The highest BCUT2D eigenvalue weighted by atomic mass is 32.1. The fraction of sp³-hybridized carbons (Fsp3) is 0.333. The topological polar surface area (TPSA) is 79.3 Å². The van der Waals surface area contributed by atoms with Gasteiger partial charge in [-0.15, -0.1) is 11.3 Å². The molecule has 0 unspecified atom stereocenters. The van der Waals surface area contributed by atoms with E-state index in [1.807, 2.05) is 24.3 Å². The summed E-state index contributed by atoms with van der Waals surface area (Å²) in [5.41, 5.74) is 6.44. The summed E-state index contributed by atoms with van der Waals surface area (Å²) in [6.45, 7) is 1.34. The number of thiophene rings is 1. The quantitative estimate of drug-likeness (QED) is 0.831. The van der Waals surface area contributed by atoms with Crippen LogP contribution < -0.4 is 5.73 Å². The first-order chi connectivity index (χ1) is 10.2. The molecule has 2 rings (SSSR count). The van der Waals surface area contributed by atoms with E-state index >= 15 is 0 Å². The number of fused-ring (bicyclic) bond motifs is 1. The van der Waals surface area contributed by atoms with Crippen molar-refractivity contribution in [1.82, 2.24) is 4.90 Å². The third-order valence-electron chi connectivity index (χ3n) is 3.10. The second kappa shape index (κ2) is 7.07. The Morgan fingerprint density at radius 3 is 2.95 bits per heavy atom. The van der Waals surface area contributed by atoms with Crippen LogP contribution in [0.25, 0.3) is 10.1 Å². The van der Waals surface area contributed by atoms with E-state index in [1.54, 1.807) is 12.0 Å². The van der Waals surface area contributed by atoms with Crippen LogP contribution in [-0.4, -0.2) is 37.6 Å². The zero-order valence-corrected chi connectivity index (χ0v) is 12.7. The Labute approximate surface area is 127 Å². The van der Waals surface area contributed by atoms with Gasteiger partial charge in [-0.25, -0.2) is 0 Å². The molecule has 0 aliphatic rings. The standard InChI is InChI=1S/C15H17N3O2S/c1-20-8-7-18(6-2-5-16)15(19)14-10-11-9-12(17)3-4-13(11)21-14/h3-4,9-10H,2,6-8,17H2,1H3. The lowest BCUT2D eigenvalue weighted by molar-refractivity contribution is 0.0704. The Bertz CT molecular complexity index is 675. The molecule has 0 atom stereocenters. The third-order valence-corrected chi connectivity index (χ3v) is 4.20. The normalized spacial score (nSPS) is 10.5. The number of carbonyl (C=O) groups is 1. The van der Waals surface area contributed by atoms with Crippen LogP contribution in [0.3, 0.4) is 0 Å². The van der Waals surface area contributed by atoms with E-state index in [0.29, 0.717) is 36.7 Å². The predicted octanol–water partition coefficient (Wildman–Crippen LogP) is 2.49. The minimum absolute atomic E-state index is 0.0675. The molecule has 0 spiro atoms. The van der Waals surface area contributed by atoms with Gasteiger partial charge in [0.25, 0.3) is 5.91 Å². The van der Waals surface area contributed by atoms with Gasteiger partial charge in [0.2, 0.25) is 0 Å². The van der Waals surface area contributed by atoms with Crippen LogP contribution in [0.15, 0.2) is 24.3 Å². The molecule has 0 saturated heterocycles. The second-order valence-electron chi connectivity index (χ2n) is 4.60. The number of nitrogen functional groups attached to an aromatic ring is 1. The lowest BCUT2D eigenvalue weighted by atomic mass is 10.2. The Morgan fingerprint density at radius 2 is 2.24 bits per heavy atom. The summed E-state index contributed by atoms with van der Waals surface area (Å²) in [5, 5.41) is 9.68. The van der Waals surface area contributed by atoms with Gasteiger partial charge in [-0.1, -0.05) is 0 Å². The Hall–Kier alpha value is -2.10. The van der Waals surface area contributed by atoms with Crippen LogP contribution in [0.4, 0.5) is 5.69 Å². The van der Waals surface area contributed by atoms with Gasteiger partial charge in [0.1, 0.15) is 0 Å². The van der Waals surface area contributed by atoms with Crippen LogP contribution in [-0.2, 0) is 4.74 Å². The summed E-state index contributed by atoms with van der Waals surface area (Å²) in [7, 11) is 1.59. The molecule has 6 heteroatoms. The second-order valence-corrected chi connectivity index (χ2v) is 5.68. The minimum atomic E-state index is -0.0675. The molecule has 5 nitrogen and oxygen atoms in total. The average molecular weight is 303 g/mol. The molecule has 110 valence electrons. The first-order valence-corrected chi connectivity index (χ1v) is 7.41. The number of nitriles is 1. The predicted molar refractivity (Wildman–Crippen MR) is 84.2 cm³/mol. The highest BCUT2D eigenvalue weighted by Crippen LogP contribution is 2.28. The fourth-order valence-corrected chi connectivity index (χ4v) is 3.04. The van der Waals surface area contributed by atoms with Gasteiger partial charge in [-0.3, -0.25) is 4.79 Å². The van der Waals surface area contributed by atoms with Crippen molar-refractivity contribution < 1.29 is 9.53 Å². The Kier molecular flexibility index (Phi) is 5.14. The van der Waals surface area contributed by atoms with Crippen LogP contribution in [0.1, 0.15) is 16.1 Å². The molecule has 1 aromatic heterocycles. The lowest BCUT2D eigenvalue weighted by Gasteiger charge is -2.20. The molecule has 2 N–H and O–H groups in total. The van der Waals surface area contributed by atoms with Crippen LogP contribution >= 0.6 is 11.3 Å². The molecular weight excluding hydrogens is 286 g/mol. The van der Waals surface area contributed by atoms with Crippen molar-refractivity contribution in [2.24, 2.45) is 0 Å². The summed E-state index contributed by atoms with van der Waals surface area (Å²) in [4.78, 5) is 14.9. The van der Waals surface area contributed by atoms with Gasteiger partial charge in [-0.05, 0) is 29.7 Å². The van der Waals surface area contributed by atoms with Crippen molar-refractivity contribution in [3.8, 4) is 6.07 Å². The molecule has 0 aliphatic heterocycles. The summed E-state index contributed by atoms with van der Waals surface area (Å²) in [6, 6.07) is 9.52. The smallest absolute Gasteiger partial charge is 0.264 e. The molecule has 2 aromatic rings. The highest BCUT2D eigenvalue weighted by molar-refractivity contribution is 7.20. The van der Waals surface area contributed by atoms with Gasteiger partial charge in [0, 0.05) is 30.6 Å². The number of benzene rings is 1. The molecule has 21 heavy (non-hydrogen) atoms. The van der Waals surface area contributed by atoms with E-state index < -0.39 is 0 Å². The molecule has 0 bridgehead atoms. The van der Waals surface area contributed by atoms with Gasteiger partial charge in [0.15, 0.2) is 0 Å². The number of amides is 1. The number of hydrogen-bond donors (Lipinski definition) is 1. The Morgan fingerprint density at radius 1 is 1.43 bits per heavy atom. The summed E-state index contributed by atoms with van der Waals surface area (Å²) in [5.74, 6) is -0.0675. The zero-order chi connectivity index (χ0) is 15.2. The van der Waals surface area contributed by atoms with Crippen molar-refractivity contribution in [2.45, 2.75) is 6.42 Å². The molecule has 0 aliphatic carbocycles. The van der Waals surface area contributed by atoms with Crippen molar-refractivity contribution >= 4 is 33.0 Å². The number of hydrogen-bond acceptors (Lipinski definition) is 5. The highest BCUT2D eigenvalue weighted by Gasteiger charge is 2.17. The van der Waals surface area contributed by atoms with Crippen molar-refractivity contribution in [1.29, 1.82) is 5.26 Å². The first kappa shape index (κ1) is 15.3. The van der Waals surface area contributed by atoms with E-state index in [-0.39, 0.29) is 5.91 Å². The zero-order valence-electron chi connectivity index (χ0n) is 11.8. The molecule has 0 saturated carbocycles. The molecular formula is C15H17N3O2S. The maximum absolute atomic E-state index is 12.6. The van der Waals surface area contributed by atoms with Crippen LogP contribution in [0, 0.1) is 11.3 Å². The van der Waals surface area contributed by atoms with Crippen molar-refractivity contribution in [3.63, 3.8) is 0 Å². The maximum atomic E-state index is 12.6. The van der Waals surface area contributed by atoms with Gasteiger partial charge >= 0.3 is 0 Å². The van der Waals surface area contributed by atoms with Crippen LogP contribution in [0.5, 0.6) is 0 Å². The molecule has 1 heterocycles. The maximum Gasteiger partial charge on any atom is 0.264 e. The summed E-state index contributed by atoms with van der Waals surface area (Å²) in [6.07, 6.45) is 0.313. The van der Waals surface area contributed by atoms with E-state index in [4.69, 9.17) is 15.7 Å². The molecule has 1 amide bonds. The van der Waals surface area contributed by atoms with Gasteiger partial charge in [0.05, 0.1) is 24.0 Å². The Balaban J connectivity index is 2.22. The summed E-state index contributed by atoms with van der Waals surface area (Å²) < 4.78 is 6.05. The number of ether oxygens (including phenoxy) is 1. The van der Waals surface area contributed by atoms with E-state index in [0.717, 1.165) is 10.1 Å².